The van der Waals surface area contributed by atoms with E-state index in [2.05, 4.69) is 10.3 Å². The number of aromatic nitrogens is 1. The molecule has 0 aliphatic heterocycles. The number of carbonyl (C=O) groups is 1. The first-order chi connectivity index (χ1) is 11.7. The molecule has 122 valence electrons. The summed E-state index contributed by atoms with van der Waals surface area (Å²) in [4.78, 5) is 16.8. The van der Waals surface area contributed by atoms with Gasteiger partial charge in [0.2, 0.25) is 0 Å². The molecule has 0 spiro atoms. The van der Waals surface area contributed by atoms with Gasteiger partial charge in [-0.15, -0.1) is 11.3 Å². The number of aryl methyl sites for hydroxylation is 1. The summed E-state index contributed by atoms with van der Waals surface area (Å²) in [6, 6.07) is 15.4. The Morgan fingerprint density at radius 1 is 1.21 bits per heavy atom. The molecule has 5 heteroatoms. The molecule has 2 aromatic carbocycles. The van der Waals surface area contributed by atoms with E-state index in [4.69, 9.17) is 4.74 Å². The van der Waals surface area contributed by atoms with Crippen LogP contribution in [-0.2, 0) is 0 Å². The van der Waals surface area contributed by atoms with Crippen molar-refractivity contribution < 1.29 is 9.53 Å². The second-order valence-electron chi connectivity index (χ2n) is 5.32. The lowest BCUT2D eigenvalue weighted by molar-refractivity contribution is 0.102. The fourth-order valence-corrected chi connectivity index (χ4v) is 3.10. The standard InChI is InChI=1S/C19H18N2O2S/c1-3-23-16-9-7-14(8-10-16)19-21-17(12-24-19)18(22)20-15-6-4-5-13(2)11-15/h4-12H,3H2,1-2H3,(H,20,22). The van der Waals surface area contributed by atoms with Crippen LogP contribution in [0.1, 0.15) is 23.0 Å². The van der Waals surface area contributed by atoms with Gasteiger partial charge < -0.3 is 10.1 Å². The van der Waals surface area contributed by atoms with Crippen LogP contribution >= 0.6 is 11.3 Å². The Morgan fingerprint density at radius 2 is 2.00 bits per heavy atom. The Bertz CT molecular complexity index is 841. The second-order valence-corrected chi connectivity index (χ2v) is 6.18. The van der Waals surface area contributed by atoms with Crippen molar-refractivity contribution in [2.75, 3.05) is 11.9 Å². The maximum atomic E-state index is 12.3. The fraction of sp³-hybridized carbons (Fsp3) is 0.158. The number of anilines is 1. The van der Waals surface area contributed by atoms with Gasteiger partial charge in [0.1, 0.15) is 16.5 Å². The van der Waals surface area contributed by atoms with Crippen LogP contribution in [0.15, 0.2) is 53.9 Å². The largest absolute Gasteiger partial charge is 0.494 e. The highest BCUT2D eigenvalue weighted by Gasteiger charge is 2.12. The zero-order chi connectivity index (χ0) is 16.9. The first-order valence-corrected chi connectivity index (χ1v) is 8.60. The molecule has 0 bridgehead atoms. The third kappa shape index (κ3) is 3.81. The highest BCUT2D eigenvalue weighted by Crippen LogP contribution is 2.26. The van der Waals surface area contributed by atoms with Gasteiger partial charge in [0.15, 0.2) is 0 Å². The molecule has 3 aromatic rings. The first kappa shape index (κ1) is 16.2. The molecule has 1 amide bonds. The van der Waals surface area contributed by atoms with Crippen LogP contribution in [0.25, 0.3) is 10.6 Å². The second kappa shape index (κ2) is 7.27. The number of nitrogens with one attached hydrogen (secondary N) is 1. The van der Waals surface area contributed by atoms with Crippen LogP contribution in [-0.4, -0.2) is 17.5 Å². The van der Waals surface area contributed by atoms with E-state index in [0.717, 1.165) is 27.6 Å². The third-order valence-electron chi connectivity index (χ3n) is 3.43. The molecule has 0 aliphatic rings. The molecular weight excluding hydrogens is 320 g/mol. The van der Waals surface area contributed by atoms with Gasteiger partial charge in [-0.1, -0.05) is 12.1 Å². The van der Waals surface area contributed by atoms with Crippen LogP contribution in [0, 0.1) is 6.92 Å². The molecule has 1 heterocycles. The maximum absolute atomic E-state index is 12.3. The summed E-state index contributed by atoms with van der Waals surface area (Å²) >= 11 is 1.45. The number of rotatable bonds is 5. The van der Waals surface area contributed by atoms with Crippen molar-refractivity contribution in [1.29, 1.82) is 0 Å². The van der Waals surface area contributed by atoms with Gasteiger partial charge in [-0.3, -0.25) is 4.79 Å². The highest BCUT2D eigenvalue weighted by atomic mass is 32.1. The van der Waals surface area contributed by atoms with Crippen LogP contribution in [0.2, 0.25) is 0 Å². The molecule has 24 heavy (non-hydrogen) atoms. The number of ether oxygens (including phenoxy) is 1. The molecule has 0 radical (unpaired) electrons. The SMILES string of the molecule is CCOc1ccc(-c2nc(C(=O)Nc3cccc(C)c3)cs2)cc1. The predicted molar refractivity (Wildman–Crippen MR) is 97.9 cm³/mol. The molecule has 1 aromatic heterocycles. The van der Waals surface area contributed by atoms with Gasteiger partial charge in [0.25, 0.3) is 5.91 Å². The summed E-state index contributed by atoms with van der Waals surface area (Å²) in [5, 5.41) is 5.46. The molecule has 1 N–H and O–H groups in total. The molecule has 0 aliphatic carbocycles. The Morgan fingerprint density at radius 3 is 2.71 bits per heavy atom. The summed E-state index contributed by atoms with van der Waals surface area (Å²) in [6.45, 7) is 4.58. The first-order valence-electron chi connectivity index (χ1n) is 7.72. The normalized spacial score (nSPS) is 10.4. The van der Waals surface area contributed by atoms with E-state index in [1.54, 1.807) is 5.38 Å². The lowest BCUT2D eigenvalue weighted by Crippen LogP contribution is -2.12. The van der Waals surface area contributed by atoms with Crippen molar-refractivity contribution in [2.45, 2.75) is 13.8 Å². The number of nitrogens with zero attached hydrogens (tertiary/aromatic N) is 1. The quantitative estimate of drug-likeness (QED) is 0.729. The van der Waals surface area contributed by atoms with E-state index in [1.165, 1.54) is 11.3 Å². The molecule has 0 fully saturated rings. The zero-order valence-electron chi connectivity index (χ0n) is 13.6. The lowest BCUT2D eigenvalue weighted by Gasteiger charge is -2.04. The van der Waals surface area contributed by atoms with Gasteiger partial charge >= 0.3 is 0 Å². The number of thiazole rings is 1. The van der Waals surface area contributed by atoms with Gasteiger partial charge in [0.05, 0.1) is 6.61 Å². The summed E-state index contributed by atoms with van der Waals surface area (Å²) in [6.07, 6.45) is 0. The topological polar surface area (TPSA) is 51.2 Å². The van der Waals surface area contributed by atoms with Gasteiger partial charge in [0, 0.05) is 16.6 Å². The number of hydrogen-bond donors (Lipinski definition) is 1. The Kier molecular flexibility index (Phi) is 4.91. The summed E-state index contributed by atoms with van der Waals surface area (Å²) in [5.74, 6) is 0.629. The van der Waals surface area contributed by atoms with Crippen molar-refractivity contribution in [1.82, 2.24) is 4.98 Å². The monoisotopic (exact) mass is 338 g/mol. The van der Waals surface area contributed by atoms with Crippen LogP contribution in [0.5, 0.6) is 5.75 Å². The van der Waals surface area contributed by atoms with Crippen molar-refractivity contribution in [3.63, 3.8) is 0 Å². The van der Waals surface area contributed by atoms with E-state index >= 15 is 0 Å². The Labute approximate surface area is 145 Å². The minimum Gasteiger partial charge on any atom is -0.494 e. The highest BCUT2D eigenvalue weighted by molar-refractivity contribution is 7.13. The summed E-state index contributed by atoms with van der Waals surface area (Å²) in [7, 11) is 0. The van der Waals surface area contributed by atoms with Crippen LogP contribution < -0.4 is 10.1 Å². The summed E-state index contributed by atoms with van der Waals surface area (Å²) in [5.41, 5.74) is 3.26. The molecule has 0 atom stereocenters. The molecular formula is C19H18N2O2S. The molecule has 0 saturated carbocycles. The van der Waals surface area contributed by atoms with E-state index in [9.17, 15) is 4.79 Å². The number of carbonyl (C=O) groups excluding carboxylic acids is 1. The maximum Gasteiger partial charge on any atom is 0.275 e. The zero-order valence-corrected chi connectivity index (χ0v) is 14.4. The van der Waals surface area contributed by atoms with Crippen molar-refractivity contribution in [2.24, 2.45) is 0 Å². The van der Waals surface area contributed by atoms with Crippen LogP contribution in [0.4, 0.5) is 5.69 Å². The van der Waals surface area contributed by atoms with Gasteiger partial charge in [-0.25, -0.2) is 4.98 Å². The molecule has 3 rings (SSSR count). The minimum absolute atomic E-state index is 0.200. The minimum atomic E-state index is -0.200. The number of hydrogen-bond acceptors (Lipinski definition) is 4. The third-order valence-corrected chi connectivity index (χ3v) is 4.32. The Hall–Kier alpha value is -2.66. The summed E-state index contributed by atoms with van der Waals surface area (Å²) < 4.78 is 5.44. The smallest absolute Gasteiger partial charge is 0.275 e. The fourth-order valence-electron chi connectivity index (χ4n) is 2.29. The van der Waals surface area contributed by atoms with Crippen molar-refractivity contribution in [3.05, 3.63) is 65.2 Å². The Balaban J connectivity index is 1.73. The van der Waals surface area contributed by atoms with E-state index in [0.29, 0.717) is 12.3 Å². The van der Waals surface area contributed by atoms with Crippen LogP contribution in [0.3, 0.4) is 0 Å². The molecule has 0 unspecified atom stereocenters. The van der Waals surface area contributed by atoms with E-state index < -0.39 is 0 Å². The number of amides is 1. The van der Waals surface area contributed by atoms with E-state index in [-0.39, 0.29) is 5.91 Å². The van der Waals surface area contributed by atoms with Crippen molar-refractivity contribution in [3.8, 4) is 16.3 Å². The molecule has 0 saturated heterocycles. The van der Waals surface area contributed by atoms with Gasteiger partial charge in [-0.05, 0) is 55.8 Å². The average Bonchev–Trinajstić information content (AvgIpc) is 3.06. The van der Waals surface area contributed by atoms with E-state index in [1.807, 2.05) is 62.4 Å². The number of benzene rings is 2. The van der Waals surface area contributed by atoms with Crippen molar-refractivity contribution >= 4 is 22.9 Å². The predicted octanol–water partition coefficient (Wildman–Crippen LogP) is 4.77. The van der Waals surface area contributed by atoms with Gasteiger partial charge in [-0.2, -0.15) is 0 Å². The average molecular weight is 338 g/mol. The molecule has 4 nitrogen and oxygen atoms in total. The lowest BCUT2D eigenvalue weighted by atomic mass is 10.2.